The van der Waals surface area contributed by atoms with Crippen LogP contribution in [0.2, 0.25) is 5.02 Å². The summed E-state index contributed by atoms with van der Waals surface area (Å²) in [5.41, 5.74) is 7.72. The van der Waals surface area contributed by atoms with Gasteiger partial charge in [-0.15, -0.1) is 0 Å². The van der Waals surface area contributed by atoms with Crippen molar-refractivity contribution in [3.8, 4) is 5.69 Å². The molecule has 2 heterocycles. The predicted octanol–water partition coefficient (Wildman–Crippen LogP) is 5.42. The van der Waals surface area contributed by atoms with Gasteiger partial charge >= 0.3 is 0 Å². The smallest absolute Gasteiger partial charge is 0.162 e. The number of carbonyl (C=O) groups is 1. The maximum absolute atomic E-state index is 12.3. The number of hydrogen-bond donors (Lipinski definition) is 0. The second-order valence-electron chi connectivity index (χ2n) is 6.54. The van der Waals surface area contributed by atoms with Crippen molar-refractivity contribution in [1.82, 2.24) is 9.55 Å². The maximum atomic E-state index is 12.3. The number of carbonyl (C=O) groups excluding carboxylic acids is 1. The lowest BCUT2D eigenvalue weighted by molar-refractivity contribution is 0.101. The third-order valence-corrected chi connectivity index (χ3v) is 4.75. The first kappa shape index (κ1) is 16.7. The Kier molecular flexibility index (Phi) is 4.00. The zero-order chi connectivity index (χ0) is 17.8. The summed E-state index contributed by atoms with van der Waals surface area (Å²) in [5, 5.41) is 1.32. The topological polar surface area (TPSA) is 34.9 Å². The van der Waals surface area contributed by atoms with E-state index in [9.17, 15) is 4.79 Å². The van der Waals surface area contributed by atoms with Crippen LogP contribution in [-0.4, -0.2) is 15.3 Å². The Morgan fingerprint density at radius 1 is 1.04 bits per heavy atom. The van der Waals surface area contributed by atoms with Crippen molar-refractivity contribution in [3.63, 3.8) is 0 Å². The lowest BCUT2D eigenvalue weighted by Gasteiger charge is -2.16. The number of halogens is 1. The van der Waals surface area contributed by atoms with Gasteiger partial charge in [-0.2, -0.15) is 0 Å². The standard InChI is InChI=1S/C20H21ClN2O/c1-10-7-11(2)19(12(3)8-10)23-14(5)17(15(6)24)18-16(21)9-13(4)22-20(18)23/h7-9H,1-6H3. The van der Waals surface area contributed by atoms with Crippen LogP contribution in [0.1, 0.15) is 45.4 Å². The summed E-state index contributed by atoms with van der Waals surface area (Å²) in [6.07, 6.45) is 0. The first-order chi connectivity index (χ1) is 11.2. The second kappa shape index (κ2) is 5.75. The third kappa shape index (κ3) is 2.44. The number of benzene rings is 1. The molecule has 24 heavy (non-hydrogen) atoms. The van der Waals surface area contributed by atoms with Gasteiger partial charge in [-0.05, 0) is 58.7 Å². The van der Waals surface area contributed by atoms with E-state index in [1.807, 2.05) is 19.9 Å². The fraction of sp³-hybridized carbons (Fsp3) is 0.300. The number of ketones is 1. The summed E-state index contributed by atoms with van der Waals surface area (Å²) in [6.45, 7) is 11.7. The van der Waals surface area contributed by atoms with Crippen molar-refractivity contribution in [2.24, 2.45) is 0 Å². The van der Waals surface area contributed by atoms with Gasteiger partial charge in [-0.25, -0.2) is 4.98 Å². The number of aromatic nitrogens is 2. The first-order valence-corrected chi connectivity index (χ1v) is 8.37. The Hall–Kier alpha value is -2.13. The van der Waals surface area contributed by atoms with E-state index in [4.69, 9.17) is 16.6 Å². The van der Waals surface area contributed by atoms with E-state index in [-0.39, 0.29) is 5.78 Å². The molecule has 0 aliphatic rings. The quantitative estimate of drug-likeness (QED) is 0.583. The summed E-state index contributed by atoms with van der Waals surface area (Å²) in [6, 6.07) is 6.12. The Balaban J connectivity index is 2.55. The molecular formula is C20H21ClN2O. The highest BCUT2D eigenvalue weighted by molar-refractivity contribution is 6.37. The fourth-order valence-corrected chi connectivity index (χ4v) is 4.03. The lowest BCUT2D eigenvalue weighted by Crippen LogP contribution is -2.05. The average molecular weight is 341 g/mol. The Labute approximate surface area is 147 Å². The van der Waals surface area contributed by atoms with Crippen molar-refractivity contribution in [1.29, 1.82) is 0 Å². The van der Waals surface area contributed by atoms with E-state index in [2.05, 4.69) is 37.5 Å². The van der Waals surface area contributed by atoms with Gasteiger partial charge in [0.1, 0.15) is 5.65 Å². The van der Waals surface area contributed by atoms with Gasteiger partial charge in [0.2, 0.25) is 0 Å². The van der Waals surface area contributed by atoms with E-state index in [1.165, 1.54) is 5.56 Å². The number of hydrogen-bond acceptors (Lipinski definition) is 2. The second-order valence-corrected chi connectivity index (χ2v) is 6.95. The maximum Gasteiger partial charge on any atom is 0.162 e. The minimum absolute atomic E-state index is 0.00576. The van der Waals surface area contributed by atoms with Crippen molar-refractivity contribution >= 4 is 28.4 Å². The van der Waals surface area contributed by atoms with Crippen LogP contribution in [0.4, 0.5) is 0 Å². The highest BCUT2D eigenvalue weighted by Crippen LogP contribution is 2.35. The highest BCUT2D eigenvalue weighted by atomic mass is 35.5. The Bertz CT molecular complexity index is 976. The molecule has 3 aromatic rings. The molecule has 0 aliphatic carbocycles. The molecule has 0 amide bonds. The largest absolute Gasteiger partial charge is 0.297 e. The van der Waals surface area contributed by atoms with Gasteiger partial charge in [0.25, 0.3) is 0 Å². The average Bonchev–Trinajstić information content (AvgIpc) is 2.71. The summed E-state index contributed by atoms with van der Waals surface area (Å²) in [7, 11) is 0. The van der Waals surface area contributed by atoms with Gasteiger partial charge in [-0.1, -0.05) is 29.3 Å². The van der Waals surface area contributed by atoms with Crippen LogP contribution in [0.25, 0.3) is 16.7 Å². The number of Topliss-reactive ketones (excluding diaryl/α,β-unsaturated/α-hetero) is 1. The Morgan fingerprint density at radius 2 is 1.62 bits per heavy atom. The highest BCUT2D eigenvalue weighted by Gasteiger charge is 2.23. The van der Waals surface area contributed by atoms with Crippen LogP contribution >= 0.6 is 11.6 Å². The summed E-state index contributed by atoms with van der Waals surface area (Å²) >= 11 is 6.48. The number of rotatable bonds is 2. The van der Waals surface area contributed by atoms with Crippen LogP contribution < -0.4 is 0 Å². The van der Waals surface area contributed by atoms with E-state index in [0.717, 1.165) is 39.2 Å². The van der Waals surface area contributed by atoms with Crippen molar-refractivity contribution < 1.29 is 4.79 Å². The zero-order valence-corrected chi connectivity index (χ0v) is 15.7. The molecule has 2 aromatic heterocycles. The molecule has 0 fully saturated rings. The molecule has 0 atom stereocenters. The SMILES string of the molecule is CC(=O)c1c(C)n(-c2c(C)cc(C)cc2C)c2nc(C)cc(Cl)c12. The minimum Gasteiger partial charge on any atom is -0.297 e. The molecule has 0 bridgehead atoms. The van der Waals surface area contributed by atoms with Crippen LogP contribution in [-0.2, 0) is 0 Å². The van der Waals surface area contributed by atoms with E-state index >= 15 is 0 Å². The van der Waals surface area contributed by atoms with Crippen LogP contribution in [0.15, 0.2) is 18.2 Å². The van der Waals surface area contributed by atoms with Crippen LogP contribution in [0.3, 0.4) is 0 Å². The zero-order valence-electron chi connectivity index (χ0n) is 14.9. The molecule has 0 unspecified atom stereocenters. The van der Waals surface area contributed by atoms with Gasteiger partial charge in [-0.3, -0.25) is 9.36 Å². The van der Waals surface area contributed by atoms with Crippen molar-refractivity contribution in [2.45, 2.75) is 41.5 Å². The molecule has 1 aromatic carbocycles. The predicted molar refractivity (Wildman–Crippen MR) is 99.8 cm³/mol. The number of pyridine rings is 1. The first-order valence-electron chi connectivity index (χ1n) is 7.99. The number of fused-ring (bicyclic) bond motifs is 1. The monoisotopic (exact) mass is 340 g/mol. The molecule has 3 rings (SSSR count). The normalized spacial score (nSPS) is 11.3. The minimum atomic E-state index is 0.00576. The van der Waals surface area contributed by atoms with Gasteiger partial charge in [0.15, 0.2) is 5.78 Å². The fourth-order valence-electron chi connectivity index (χ4n) is 3.69. The van der Waals surface area contributed by atoms with E-state index in [0.29, 0.717) is 10.6 Å². The molecule has 0 saturated carbocycles. The third-order valence-electron chi connectivity index (χ3n) is 4.45. The molecule has 0 N–H and O–H groups in total. The van der Waals surface area contributed by atoms with E-state index < -0.39 is 0 Å². The summed E-state index contributed by atoms with van der Waals surface area (Å²) < 4.78 is 2.08. The molecule has 0 radical (unpaired) electrons. The lowest BCUT2D eigenvalue weighted by atomic mass is 10.0. The van der Waals surface area contributed by atoms with Crippen LogP contribution in [0, 0.1) is 34.6 Å². The molecule has 0 spiro atoms. The van der Waals surface area contributed by atoms with Gasteiger partial charge < -0.3 is 0 Å². The molecule has 4 heteroatoms. The Morgan fingerprint density at radius 3 is 2.17 bits per heavy atom. The van der Waals surface area contributed by atoms with Crippen LogP contribution in [0.5, 0.6) is 0 Å². The van der Waals surface area contributed by atoms with Crippen molar-refractivity contribution in [2.75, 3.05) is 0 Å². The van der Waals surface area contributed by atoms with Gasteiger partial charge in [0.05, 0.1) is 10.7 Å². The summed E-state index contributed by atoms with van der Waals surface area (Å²) in [4.78, 5) is 17.0. The molecule has 0 aliphatic heterocycles. The molecular weight excluding hydrogens is 320 g/mol. The van der Waals surface area contributed by atoms with E-state index in [1.54, 1.807) is 6.92 Å². The molecule has 0 saturated heterocycles. The van der Waals surface area contributed by atoms with Crippen molar-refractivity contribution in [3.05, 3.63) is 56.9 Å². The molecule has 3 nitrogen and oxygen atoms in total. The van der Waals surface area contributed by atoms with Gasteiger partial charge in [0, 0.05) is 22.3 Å². The summed E-state index contributed by atoms with van der Waals surface area (Å²) in [5.74, 6) is 0.00576. The molecule has 124 valence electrons. The number of nitrogens with zero attached hydrogens (tertiary/aromatic N) is 2. The number of aryl methyl sites for hydroxylation is 4.